The Morgan fingerprint density at radius 1 is 0.630 bits per heavy atom. The van der Waals surface area contributed by atoms with Crippen LogP contribution in [0.4, 0.5) is 0 Å². The number of aryl methyl sites for hydroxylation is 1. The van der Waals surface area contributed by atoms with Crippen molar-refractivity contribution in [2.75, 3.05) is 0 Å². The van der Waals surface area contributed by atoms with Crippen molar-refractivity contribution >= 4 is 10.8 Å². The minimum absolute atomic E-state index is 0.0800. The van der Waals surface area contributed by atoms with Crippen molar-refractivity contribution in [1.82, 2.24) is 0 Å². The number of fused-ring (bicyclic) bond motifs is 1. The SMILES string of the molecule is Cc1c2c(c(CO)c3ccccc13)C1c3ccccc3C2c2ccccc21. The van der Waals surface area contributed by atoms with Crippen LogP contribution in [0.1, 0.15) is 56.3 Å². The molecule has 0 spiro atoms. The first kappa shape index (κ1) is 15.2. The van der Waals surface area contributed by atoms with Crippen molar-refractivity contribution in [3.63, 3.8) is 0 Å². The van der Waals surface area contributed by atoms with E-state index in [1.807, 2.05) is 0 Å². The Hall–Kier alpha value is -2.90. The molecule has 130 valence electrons. The second-order valence-corrected chi connectivity index (χ2v) is 7.76. The summed E-state index contributed by atoms with van der Waals surface area (Å²) in [5, 5.41) is 12.9. The normalized spacial score (nSPS) is 18.9. The molecule has 1 N–H and O–H groups in total. The van der Waals surface area contributed by atoms with Gasteiger partial charge in [-0.25, -0.2) is 0 Å². The second-order valence-electron chi connectivity index (χ2n) is 7.76. The van der Waals surface area contributed by atoms with E-state index in [1.165, 1.54) is 49.7 Å². The third-order valence-electron chi connectivity index (χ3n) is 6.65. The molecule has 1 nitrogen and oxygen atoms in total. The van der Waals surface area contributed by atoms with Gasteiger partial charge in [0.25, 0.3) is 0 Å². The van der Waals surface area contributed by atoms with E-state index in [0.717, 1.165) is 5.56 Å². The van der Waals surface area contributed by atoms with Crippen molar-refractivity contribution in [3.05, 3.63) is 117 Å². The van der Waals surface area contributed by atoms with Crippen molar-refractivity contribution in [2.45, 2.75) is 25.4 Å². The first-order chi connectivity index (χ1) is 13.3. The molecule has 0 atom stereocenters. The fraction of sp³-hybridized carbons (Fsp3) is 0.154. The van der Waals surface area contributed by atoms with Gasteiger partial charge in [-0.1, -0.05) is 72.8 Å². The van der Waals surface area contributed by atoms with E-state index >= 15 is 0 Å². The Kier molecular flexibility index (Phi) is 2.99. The Morgan fingerprint density at radius 2 is 1.07 bits per heavy atom. The Morgan fingerprint density at radius 3 is 1.59 bits per heavy atom. The Labute approximate surface area is 158 Å². The first-order valence-corrected chi connectivity index (χ1v) is 9.63. The molecule has 0 radical (unpaired) electrons. The molecule has 0 saturated heterocycles. The molecule has 27 heavy (non-hydrogen) atoms. The molecular weight excluding hydrogens is 328 g/mol. The number of benzene rings is 4. The molecule has 7 rings (SSSR count). The topological polar surface area (TPSA) is 20.2 Å². The van der Waals surface area contributed by atoms with E-state index in [4.69, 9.17) is 0 Å². The highest BCUT2D eigenvalue weighted by atomic mass is 16.3. The summed E-state index contributed by atoms with van der Waals surface area (Å²) < 4.78 is 0. The smallest absolute Gasteiger partial charge is 0.0691 e. The van der Waals surface area contributed by atoms with E-state index in [1.54, 1.807) is 0 Å². The number of hydrogen-bond acceptors (Lipinski definition) is 1. The predicted octanol–water partition coefficient (Wildman–Crippen LogP) is 5.63. The lowest BCUT2D eigenvalue weighted by molar-refractivity contribution is 0.281. The van der Waals surface area contributed by atoms with E-state index in [9.17, 15) is 5.11 Å². The monoisotopic (exact) mass is 348 g/mol. The van der Waals surface area contributed by atoms with Gasteiger partial charge in [-0.2, -0.15) is 0 Å². The summed E-state index contributed by atoms with van der Waals surface area (Å²) in [6.07, 6.45) is 0. The van der Waals surface area contributed by atoms with Gasteiger partial charge in [0.05, 0.1) is 6.61 Å². The molecule has 3 aliphatic rings. The van der Waals surface area contributed by atoms with Crippen LogP contribution >= 0.6 is 0 Å². The molecule has 1 heteroatoms. The lowest BCUT2D eigenvalue weighted by Crippen LogP contribution is -2.29. The highest BCUT2D eigenvalue weighted by molar-refractivity contribution is 5.93. The van der Waals surface area contributed by atoms with E-state index < -0.39 is 0 Å². The Bertz CT molecular complexity index is 1190. The molecule has 0 heterocycles. The van der Waals surface area contributed by atoms with Crippen LogP contribution in [0.2, 0.25) is 0 Å². The molecular formula is C26H20O. The largest absolute Gasteiger partial charge is 0.392 e. The molecule has 2 bridgehead atoms. The van der Waals surface area contributed by atoms with Gasteiger partial charge in [0, 0.05) is 11.8 Å². The highest BCUT2D eigenvalue weighted by Gasteiger charge is 2.43. The molecule has 4 aromatic carbocycles. The summed E-state index contributed by atoms with van der Waals surface area (Å²) in [6, 6.07) is 26.3. The lowest BCUT2D eigenvalue weighted by atomic mass is 9.59. The third kappa shape index (κ3) is 1.78. The van der Waals surface area contributed by atoms with Crippen molar-refractivity contribution in [1.29, 1.82) is 0 Å². The zero-order valence-electron chi connectivity index (χ0n) is 15.2. The van der Waals surface area contributed by atoms with Gasteiger partial charge in [-0.15, -0.1) is 0 Å². The van der Waals surface area contributed by atoms with E-state index in [2.05, 4.69) is 79.7 Å². The van der Waals surface area contributed by atoms with Crippen LogP contribution in [-0.2, 0) is 6.61 Å². The van der Waals surface area contributed by atoms with Crippen LogP contribution in [0.15, 0.2) is 72.8 Å². The van der Waals surface area contributed by atoms with Gasteiger partial charge in [-0.3, -0.25) is 0 Å². The number of rotatable bonds is 1. The van der Waals surface area contributed by atoms with Gasteiger partial charge in [0.2, 0.25) is 0 Å². The first-order valence-electron chi connectivity index (χ1n) is 9.63. The maximum Gasteiger partial charge on any atom is 0.0691 e. The average molecular weight is 348 g/mol. The third-order valence-corrected chi connectivity index (χ3v) is 6.65. The molecule has 0 saturated carbocycles. The second kappa shape index (κ2) is 5.31. The number of aliphatic hydroxyl groups excluding tert-OH is 1. The zero-order chi connectivity index (χ0) is 18.1. The summed E-state index contributed by atoms with van der Waals surface area (Å²) in [4.78, 5) is 0. The molecule has 0 unspecified atom stereocenters. The van der Waals surface area contributed by atoms with E-state index in [-0.39, 0.29) is 18.4 Å². The van der Waals surface area contributed by atoms with Crippen LogP contribution in [0.5, 0.6) is 0 Å². The zero-order valence-corrected chi connectivity index (χ0v) is 15.2. The summed E-state index contributed by atoms with van der Waals surface area (Å²) in [5.41, 5.74) is 10.9. The van der Waals surface area contributed by atoms with Crippen LogP contribution in [0, 0.1) is 6.92 Å². The summed E-state index contributed by atoms with van der Waals surface area (Å²) in [6.45, 7) is 2.34. The average Bonchev–Trinajstić information content (AvgIpc) is 2.74. The van der Waals surface area contributed by atoms with Crippen molar-refractivity contribution in [2.24, 2.45) is 0 Å². The van der Waals surface area contributed by atoms with E-state index in [0.29, 0.717) is 0 Å². The standard InChI is InChI=1S/C26H20O/c1-15-16-8-2-3-9-17(16)22(14-27)26-23(15)24-18-10-4-6-12-20(18)25(26)21-13-7-5-11-19(21)24/h2-13,24-25,27H,14H2,1H3. The molecule has 0 aromatic heterocycles. The minimum Gasteiger partial charge on any atom is -0.392 e. The van der Waals surface area contributed by atoms with Crippen LogP contribution in [0.25, 0.3) is 10.8 Å². The van der Waals surface area contributed by atoms with Crippen molar-refractivity contribution < 1.29 is 5.11 Å². The fourth-order valence-electron chi connectivity index (χ4n) is 5.63. The molecule has 0 amide bonds. The number of aliphatic hydroxyl groups is 1. The molecule has 4 aromatic rings. The Balaban J connectivity index is 1.83. The highest BCUT2D eigenvalue weighted by Crippen LogP contribution is 2.58. The van der Waals surface area contributed by atoms with Crippen LogP contribution in [-0.4, -0.2) is 5.11 Å². The summed E-state index contributed by atoms with van der Waals surface area (Å²) in [7, 11) is 0. The lowest BCUT2D eigenvalue weighted by Gasteiger charge is -2.44. The fourth-order valence-corrected chi connectivity index (χ4v) is 5.63. The van der Waals surface area contributed by atoms with Gasteiger partial charge >= 0.3 is 0 Å². The predicted molar refractivity (Wildman–Crippen MR) is 109 cm³/mol. The van der Waals surface area contributed by atoms with Gasteiger partial charge < -0.3 is 5.11 Å². The minimum atomic E-state index is 0.0800. The van der Waals surface area contributed by atoms with Gasteiger partial charge in [-0.05, 0) is 62.2 Å². The maximum absolute atomic E-state index is 10.4. The summed E-state index contributed by atoms with van der Waals surface area (Å²) in [5.74, 6) is 0.468. The maximum atomic E-state index is 10.4. The molecule has 0 fully saturated rings. The number of hydrogen-bond donors (Lipinski definition) is 1. The van der Waals surface area contributed by atoms with Crippen LogP contribution in [0.3, 0.4) is 0 Å². The quantitative estimate of drug-likeness (QED) is 0.408. The van der Waals surface area contributed by atoms with Gasteiger partial charge in [0.15, 0.2) is 0 Å². The van der Waals surface area contributed by atoms with Crippen molar-refractivity contribution in [3.8, 4) is 0 Å². The molecule has 3 aliphatic carbocycles. The molecule has 0 aliphatic heterocycles. The van der Waals surface area contributed by atoms with Gasteiger partial charge in [0.1, 0.15) is 0 Å². The summed E-state index contributed by atoms with van der Waals surface area (Å²) >= 11 is 0. The van der Waals surface area contributed by atoms with Crippen LogP contribution < -0.4 is 0 Å².